The molecule has 1 saturated heterocycles. The molecule has 152 valence electrons. The van der Waals surface area contributed by atoms with Crippen LogP contribution in [-0.4, -0.2) is 38.5 Å². The van der Waals surface area contributed by atoms with E-state index in [1.165, 1.54) is 6.92 Å². The van der Waals surface area contributed by atoms with Crippen LogP contribution in [0.2, 0.25) is 0 Å². The lowest BCUT2D eigenvalue weighted by molar-refractivity contribution is -0.142. The molecule has 1 amide bonds. The predicted octanol–water partition coefficient (Wildman–Crippen LogP) is 4.18. The molecule has 0 spiro atoms. The molecular weight excluding hydrogens is 381 g/mol. The van der Waals surface area contributed by atoms with Crippen molar-refractivity contribution in [1.82, 2.24) is 19.5 Å². The first-order valence-corrected chi connectivity index (χ1v) is 9.52. The van der Waals surface area contributed by atoms with Crippen LogP contribution in [0.1, 0.15) is 47.8 Å². The third-order valence-corrected chi connectivity index (χ3v) is 5.45. The highest BCUT2D eigenvalue weighted by molar-refractivity contribution is 5.83. The first kappa shape index (κ1) is 19.4. The van der Waals surface area contributed by atoms with Crippen LogP contribution in [0.3, 0.4) is 0 Å². The van der Waals surface area contributed by atoms with Gasteiger partial charge in [0.05, 0.1) is 11.6 Å². The van der Waals surface area contributed by atoms with Crippen LogP contribution in [0.15, 0.2) is 42.5 Å². The third kappa shape index (κ3) is 3.71. The highest BCUT2D eigenvalue weighted by Gasteiger charge is 2.36. The standard InChI is InChI=1S/C21H21F3N4O/c1-13-10-18(21(22,23)24)28-19(25-13)11-17(26-28)16-8-9-27(12-16)20(29)14(2)15-6-4-3-5-7-15/h3-7,10-11,14,16H,8-9,12H2,1-2H3/t14-,16-/m1/s1. The maximum absolute atomic E-state index is 13.4. The molecular formula is C21H21F3N4O. The van der Waals surface area contributed by atoms with Gasteiger partial charge in [-0.05, 0) is 31.9 Å². The van der Waals surface area contributed by atoms with Crippen LogP contribution < -0.4 is 0 Å². The van der Waals surface area contributed by atoms with Gasteiger partial charge in [-0.25, -0.2) is 9.50 Å². The number of alkyl halides is 3. The smallest absolute Gasteiger partial charge is 0.341 e. The van der Waals surface area contributed by atoms with Crippen LogP contribution in [0.4, 0.5) is 13.2 Å². The summed E-state index contributed by atoms with van der Waals surface area (Å²) in [6.07, 6.45) is -3.85. The zero-order chi connectivity index (χ0) is 20.8. The summed E-state index contributed by atoms with van der Waals surface area (Å²) < 4.78 is 40.9. The Balaban J connectivity index is 1.56. The monoisotopic (exact) mass is 402 g/mol. The molecule has 0 radical (unpaired) electrons. The van der Waals surface area contributed by atoms with Crippen molar-refractivity contribution < 1.29 is 18.0 Å². The Morgan fingerprint density at radius 3 is 2.62 bits per heavy atom. The van der Waals surface area contributed by atoms with Gasteiger partial charge in [-0.1, -0.05) is 30.3 Å². The van der Waals surface area contributed by atoms with Gasteiger partial charge >= 0.3 is 6.18 Å². The summed E-state index contributed by atoms with van der Waals surface area (Å²) in [7, 11) is 0. The van der Waals surface area contributed by atoms with Gasteiger partial charge in [0.2, 0.25) is 5.91 Å². The molecule has 1 aliphatic heterocycles. The Kier molecular flexibility index (Phi) is 4.80. The van der Waals surface area contributed by atoms with Crippen molar-refractivity contribution in [2.24, 2.45) is 0 Å². The molecule has 0 N–H and O–H groups in total. The SMILES string of the molecule is Cc1cc(C(F)(F)F)n2nc([C@@H]3CCN(C(=O)[C@H](C)c4ccccc4)C3)cc2n1. The normalized spacial score (nSPS) is 18.4. The summed E-state index contributed by atoms with van der Waals surface area (Å²) >= 11 is 0. The predicted molar refractivity (Wildman–Crippen MR) is 102 cm³/mol. The highest BCUT2D eigenvalue weighted by atomic mass is 19.4. The molecule has 0 aliphatic carbocycles. The third-order valence-electron chi connectivity index (χ3n) is 5.45. The second-order valence-corrected chi connectivity index (χ2v) is 7.52. The number of fused-ring (bicyclic) bond motifs is 1. The van der Waals surface area contributed by atoms with E-state index < -0.39 is 11.9 Å². The van der Waals surface area contributed by atoms with Crippen molar-refractivity contribution in [1.29, 1.82) is 0 Å². The van der Waals surface area contributed by atoms with Crippen molar-refractivity contribution in [2.75, 3.05) is 13.1 Å². The topological polar surface area (TPSA) is 50.5 Å². The Hall–Kier alpha value is -2.90. The molecule has 1 aromatic carbocycles. The molecule has 1 fully saturated rings. The van der Waals surface area contributed by atoms with Crippen molar-refractivity contribution in [3.63, 3.8) is 0 Å². The zero-order valence-corrected chi connectivity index (χ0v) is 16.1. The van der Waals surface area contributed by atoms with E-state index in [0.29, 0.717) is 25.2 Å². The van der Waals surface area contributed by atoms with E-state index in [-0.39, 0.29) is 29.1 Å². The number of rotatable bonds is 3. The zero-order valence-electron chi connectivity index (χ0n) is 16.1. The van der Waals surface area contributed by atoms with Crippen LogP contribution in [0.25, 0.3) is 5.65 Å². The van der Waals surface area contributed by atoms with E-state index in [1.807, 2.05) is 37.3 Å². The molecule has 8 heteroatoms. The van der Waals surface area contributed by atoms with Crippen molar-refractivity contribution in [3.8, 4) is 0 Å². The Labute approximate surface area is 166 Å². The molecule has 29 heavy (non-hydrogen) atoms. The number of aryl methyl sites for hydroxylation is 1. The number of amides is 1. The number of halogens is 3. The van der Waals surface area contributed by atoms with E-state index in [9.17, 15) is 18.0 Å². The van der Waals surface area contributed by atoms with E-state index in [0.717, 1.165) is 16.1 Å². The van der Waals surface area contributed by atoms with Gasteiger partial charge in [0.1, 0.15) is 5.69 Å². The van der Waals surface area contributed by atoms with Crippen molar-refractivity contribution in [2.45, 2.75) is 38.3 Å². The van der Waals surface area contributed by atoms with Crippen molar-refractivity contribution in [3.05, 3.63) is 65.1 Å². The maximum Gasteiger partial charge on any atom is 0.433 e. The molecule has 2 atom stereocenters. The first-order chi connectivity index (χ1) is 13.7. The molecule has 3 heterocycles. The van der Waals surface area contributed by atoms with Crippen LogP contribution >= 0.6 is 0 Å². The average Bonchev–Trinajstić information content (AvgIpc) is 3.33. The lowest BCUT2D eigenvalue weighted by Gasteiger charge is -2.21. The fourth-order valence-electron chi connectivity index (χ4n) is 3.88. The lowest BCUT2D eigenvalue weighted by atomic mass is 10.00. The summed E-state index contributed by atoms with van der Waals surface area (Å²) in [6.45, 7) is 4.41. The summed E-state index contributed by atoms with van der Waals surface area (Å²) in [6, 6.07) is 12.1. The molecule has 5 nitrogen and oxygen atoms in total. The summed E-state index contributed by atoms with van der Waals surface area (Å²) in [4.78, 5) is 18.8. The number of hydrogen-bond donors (Lipinski definition) is 0. The Bertz CT molecular complexity index is 1050. The van der Waals surface area contributed by atoms with Gasteiger partial charge in [0.25, 0.3) is 0 Å². The molecule has 0 saturated carbocycles. The second kappa shape index (κ2) is 7.17. The van der Waals surface area contributed by atoms with Gasteiger partial charge in [0, 0.05) is 30.8 Å². The number of benzene rings is 1. The second-order valence-electron chi connectivity index (χ2n) is 7.52. The maximum atomic E-state index is 13.4. The Morgan fingerprint density at radius 2 is 1.93 bits per heavy atom. The van der Waals surface area contributed by atoms with E-state index in [1.54, 1.807) is 11.0 Å². The summed E-state index contributed by atoms with van der Waals surface area (Å²) in [5.74, 6) is -0.352. The molecule has 0 unspecified atom stereocenters. The fourth-order valence-corrected chi connectivity index (χ4v) is 3.88. The van der Waals surface area contributed by atoms with Crippen LogP contribution in [0.5, 0.6) is 0 Å². The van der Waals surface area contributed by atoms with E-state index in [2.05, 4.69) is 10.1 Å². The molecule has 1 aliphatic rings. The minimum atomic E-state index is -4.52. The largest absolute Gasteiger partial charge is 0.433 e. The minimum Gasteiger partial charge on any atom is -0.341 e. The number of carbonyl (C=O) groups excluding carboxylic acids is 1. The number of hydrogen-bond acceptors (Lipinski definition) is 3. The minimum absolute atomic E-state index is 0.0208. The van der Waals surface area contributed by atoms with E-state index >= 15 is 0 Å². The van der Waals surface area contributed by atoms with Gasteiger partial charge in [-0.3, -0.25) is 4.79 Å². The molecule has 2 aromatic heterocycles. The molecule has 3 aromatic rings. The lowest BCUT2D eigenvalue weighted by Crippen LogP contribution is -2.32. The van der Waals surface area contributed by atoms with Gasteiger partial charge in [-0.15, -0.1) is 0 Å². The van der Waals surface area contributed by atoms with E-state index in [4.69, 9.17) is 0 Å². The van der Waals surface area contributed by atoms with Crippen LogP contribution in [0, 0.1) is 6.92 Å². The molecule has 4 rings (SSSR count). The summed E-state index contributed by atoms with van der Waals surface area (Å²) in [5, 5.41) is 4.20. The average molecular weight is 402 g/mol. The fraction of sp³-hybridized carbons (Fsp3) is 0.381. The van der Waals surface area contributed by atoms with Crippen LogP contribution in [-0.2, 0) is 11.0 Å². The van der Waals surface area contributed by atoms with Crippen molar-refractivity contribution >= 4 is 11.6 Å². The number of aromatic nitrogens is 3. The summed E-state index contributed by atoms with van der Waals surface area (Å²) in [5.41, 5.74) is 1.11. The number of nitrogens with zero attached hydrogens (tertiary/aromatic N) is 4. The van der Waals surface area contributed by atoms with Gasteiger partial charge < -0.3 is 4.90 Å². The van der Waals surface area contributed by atoms with Gasteiger partial charge in [-0.2, -0.15) is 18.3 Å². The van der Waals surface area contributed by atoms with Gasteiger partial charge in [0.15, 0.2) is 5.65 Å². The molecule has 0 bridgehead atoms. The number of carbonyl (C=O) groups is 1. The number of likely N-dealkylation sites (tertiary alicyclic amines) is 1. The first-order valence-electron chi connectivity index (χ1n) is 9.52. The highest BCUT2D eigenvalue weighted by Crippen LogP contribution is 2.33. The Morgan fingerprint density at radius 1 is 1.21 bits per heavy atom. The quantitative estimate of drug-likeness (QED) is 0.661.